The summed E-state index contributed by atoms with van der Waals surface area (Å²) < 4.78 is 62.0. The Kier molecular flexibility index (Phi) is 0.994. The van der Waals surface area contributed by atoms with Crippen LogP contribution in [-0.4, -0.2) is 22.1 Å². The van der Waals surface area contributed by atoms with Gasteiger partial charge in [0.2, 0.25) is 0 Å². The Hall–Kier alpha value is -1.81. The fraction of sp³-hybridized carbons (Fsp3) is 0.182. The average Bonchev–Trinajstić information content (AvgIpc) is 2.80. The molecule has 2 rings (SSSR count). The number of fused-ring (bicyclic) bond motifs is 1. The van der Waals surface area contributed by atoms with Crippen LogP contribution in [0.2, 0.25) is 0 Å². The number of carboxylic acids is 1. The normalized spacial score (nSPS) is 23.5. The van der Waals surface area contributed by atoms with Gasteiger partial charge in [0.15, 0.2) is 0 Å². The Morgan fingerprint density at radius 3 is 3.20 bits per heavy atom. The van der Waals surface area contributed by atoms with Crippen molar-refractivity contribution >= 4 is 16.9 Å². The van der Waals surface area contributed by atoms with Crippen molar-refractivity contribution in [3.63, 3.8) is 0 Å². The van der Waals surface area contributed by atoms with E-state index in [2.05, 4.69) is 4.98 Å². The van der Waals surface area contributed by atoms with Gasteiger partial charge in [-0.1, -0.05) is 18.1 Å². The van der Waals surface area contributed by atoms with E-state index in [9.17, 15) is 4.79 Å². The second-order valence-corrected chi connectivity index (χ2v) is 2.72. The Morgan fingerprint density at radius 2 is 2.47 bits per heavy atom. The Morgan fingerprint density at radius 1 is 1.73 bits per heavy atom. The van der Waals surface area contributed by atoms with E-state index in [4.69, 9.17) is 21.8 Å². The van der Waals surface area contributed by atoms with Crippen LogP contribution in [0, 0.1) is 0 Å². The smallest absolute Gasteiger partial charge is 0.320 e. The molecule has 0 spiro atoms. The zero-order valence-corrected chi connectivity index (χ0v) is 7.43. The molecule has 1 aromatic carbocycles. The number of hydrogen-bond acceptors (Lipinski definition) is 2. The predicted octanol–water partition coefficient (Wildman–Crippen LogP) is 1.12. The molecule has 4 N–H and O–H groups in total. The number of H-pyrrole nitrogens is 1. The molecule has 0 aliphatic rings. The summed E-state index contributed by atoms with van der Waals surface area (Å²) in [6.07, 6.45) is -3.76. The molecule has 0 radical (unpaired) electrons. The zero-order chi connectivity index (χ0) is 17.9. The van der Waals surface area contributed by atoms with Crippen LogP contribution in [0.3, 0.4) is 0 Å². The Labute approximate surface area is 98.0 Å². The molecular weight excluding hydrogens is 194 g/mol. The first-order valence-electron chi connectivity index (χ1n) is 7.97. The predicted molar refractivity (Wildman–Crippen MR) is 57.6 cm³/mol. The minimum atomic E-state index is -3.16. The van der Waals surface area contributed by atoms with Crippen LogP contribution >= 0.6 is 0 Å². The summed E-state index contributed by atoms with van der Waals surface area (Å²) in [4.78, 5) is 13.4. The molecule has 2 aromatic rings. The van der Waals surface area contributed by atoms with Gasteiger partial charge in [-0.25, -0.2) is 0 Å². The van der Waals surface area contributed by atoms with Crippen LogP contribution in [0.5, 0.6) is 0 Å². The maximum Gasteiger partial charge on any atom is 0.320 e. The van der Waals surface area contributed by atoms with Gasteiger partial charge in [-0.2, -0.15) is 0 Å². The van der Waals surface area contributed by atoms with E-state index in [-0.39, 0.29) is 5.52 Å². The maximum absolute atomic E-state index is 11.1. The number of aliphatic carboxylic acids is 1. The standard InChI is InChI=1S/C11H12N2O2/c12-9(11(14)15)5-7-6-13-10-4-2-1-3-8(7)10/h1-4,6,9,13H,5,12H2,(H,14,15)/t9-/m0/s1/i1D,2D,3D,4D,5D2,6D,9D,12+1,13+1. The average molecular weight is 214 g/mol. The van der Waals surface area contributed by atoms with Crippen molar-refractivity contribution in [1.82, 2.24) is 4.98 Å². The second kappa shape index (κ2) is 3.74. The number of carboxylic acid groups (broad SMARTS) is 1. The number of aromatic nitrogens is 1. The molecule has 0 saturated carbocycles. The van der Waals surface area contributed by atoms with Gasteiger partial charge >= 0.3 is 5.97 Å². The lowest BCUT2D eigenvalue weighted by Gasteiger charge is -2.04. The third-order valence-electron chi connectivity index (χ3n) is 1.74. The van der Waals surface area contributed by atoms with Crippen LogP contribution in [-0.2, 0) is 11.2 Å². The largest absolute Gasteiger partial charge is 0.480 e. The van der Waals surface area contributed by atoms with E-state index in [0.717, 1.165) is 0 Å². The van der Waals surface area contributed by atoms with E-state index < -0.39 is 59.7 Å². The van der Waals surface area contributed by atoms with Crippen molar-refractivity contribution in [3.8, 4) is 0 Å². The van der Waals surface area contributed by atoms with E-state index in [1.807, 2.05) is 0 Å². The van der Waals surface area contributed by atoms with Crippen LogP contribution in [0.4, 0.5) is 0 Å². The monoisotopic (exact) mass is 214 g/mol. The number of para-hydroxylation sites is 1. The van der Waals surface area contributed by atoms with Crippen molar-refractivity contribution in [2.75, 3.05) is 0 Å². The number of carbonyl (C=O) groups is 1. The first-order chi connectivity index (χ1) is 10.4. The number of benzene rings is 1. The second-order valence-electron chi connectivity index (χ2n) is 2.72. The van der Waals surface area contributed by atoms with Crippen molar-refractivity contribution in [2.24, 2.45) is 5.73 Å². The fourth-order valence-corrected chi connectivity index (χ4v) is 1.06. The molecule has 0 unspecified atom stereocenters. The van der Waals surface area contributed by atoms with Crippen LogP contribution in [0.15, 0.2) is 30.3 Å². The van der Waals surface area contributed by atoms with Crippen molar-refractivity contribution < 1.29 is 20.9 Å². The molecular formula is C11H12N2O2. The van der Waals surface area contributed by atoms with Gasteiger partial charge in [-0.3, -0.25) is 4.79 Å². The molecule has 1 atom stereocenters. The molecule has 0 saturated heterocycles. The lowest BCUT2D eigenvalue weighted by molar-refractivity contribution is -0.138. The van der Waals surface area contributed by atoms with Gasteiger partial charge in [0.25, 0.3) is 0 Å². The van der Waals surface area contributed by atoms with E-state index >= 15 is 0 Å². The summed E-state index contributed by atoms with van der Waals surface area (Å²) in [5.41, 5.74) is 4.30. The maximum atomic E-state index is 11.1. The van der Waals surface area contributed by atoms with Gasteiger partial charge in [-0.05, 0) is 11.6 Å². The van der Waals surface area contributed by atoms with Crippen molar-refractivity contribution in [1.29, 1.82) is 0 Å². The molecule has 0 fully saturated rings. The summed E-state index contributed by atoms with van der Waals surface area (Å²) in [7, 11) is 0. The molecule has 78 valence electrons. The van der Waals surface area contributed by atoms with Gasteiger partial charge in [0.1, 0.15) is 6.02 Å². The number of nitrogens with two attached hydrogens (primary N) is 1. The minimum Gasteiger partial charge on any atom is -0.480 e. The highest BCUT2D eigenvalue weighted by molar-refractivity contribution is 5.84. The first kappa shape index (κ1) is 3.98. The van der Waals surface area contributed by atoms with Gasteiger partial charge in [0, 0.05) is 26.2 Å². The molecule has 4 heteroatoms. The summed E-state index contributed by atoms with van der Waals surface area (Å²) in [5.74, 6) is -1.97. The number of aromatic amines is 1. The molecule has 0 aliphatic heterocycles. The molecule has 4 nitrogen and oxygen atoms in total. The molecule has 0 aliphatic carbocycles. The zero-order valence-electron chi connectivity index (χ0n) is 15.4. The lowest BCUT2D eigenvalue weighted by Crippen LogP contribution is -2.32. The van der Waals surface area contributed by atoms with Crippen LogP contribution < -0.4 is 5.73 Å². The van der Waals surface area contributed by atoms with E-state index in [0.29, 0.717) is 0 Å². The third kappa shape index (κ3) is 1.85. The van der Waals surface area contributed by atoms with Gasteiger partial charge in [0.05, 0.1) is 8.22 Å². The molecule has 15 heavy (non-hydrogen) atoms. The van der Waals surface area contributed by atoms with Crippen LogP contribution in [0.25, 0.3) is 10.9 Å². The van der Waals surface area contributed by atoms with Crippen LogP contribution in [0.1, 0.15) is 16.5 Å². The third-order valence-corrected chi connectivity index (χ3v) is 1.74. The highest BCUT2D eigenvalue weighted by Gasteiger charge is 2.14. The minimum absolute atomic E-state index is 0.249. The van der Waals surface area contributed by atoms with Crippen molar-refractivity contribution in [2.45, 2.75) is 12.4 Å². The SMILES string of the molecule is [2H]c1[15nH]c2c([2H])c([2H])c([2H])c([2H])c2c1C([2H])([2H])[C@]([2H])([15NH2])C(=O)O. The number of rotatable bonds is 3. The molecule has 0 amide bonds. The number of hydrogen-bond donors (Lipinski definition) is 3. The van der Waals surface area contributed by atoms with E-state index in [1.165, 1.54) is 0 Å². The summed E-state index contributed by atoms with van der Waals surface area (Å²) in [6, 6.07) is -5.58. The van der Waals surface area contributed by atoms with E-state index in [1.54, 1.807) is 0 Å². The van der Waals surface area contributed by atoms with Crippen molar-refractivity contribution in [3.05, 3.63) is 35.9 Å². The van der Waals surface area contributed by atoms with Gasteiger partial charge < -0.3 is 15.8 Å². The Bertz CT molecular complexity index is 830. The Balaban J connectivity index is 2.97. The van der Waals surface area contributed by atoms with Gasteiger partial charge in [-0.15, -0.1) is 0 Å². The number of nitrogens with one attached hydrogen (secondary N) is 1. The molecule has 1 heterocycles. The fourth-order valence-electron chi connectivity index (χ4n) is 1.06. The lowest BCUT2D eigenvalue weighted by atomic mass is 10.1. The quantitative estimate of drug-likeness (QED) is 0.670. The summed E-state index contributed by atoms with van der Waals surface area (Å²) >= 11 is 0. The summed E-state index contributed by atoms with van der Waals surface area (Å²) in [6.45, 7) is 0. The summed E-state index contributed by atoms with van der Waals surface area (Å²) in [5, 5.41) is 8.59. The molecule has 0 bridgehead atoms. The first-order valence-corrected chi connectivity index (χ1v) is 3.97. The topological polar surface area (TPSA) is 79.1 Å². The highest BCUT2D eigenvalue weighted by Crippen LogP contribution is 2.18. The highest BCUT2D eigenvalue weighted by atomic mass is 16.4. The molecule has 1 aromatic heterocycles.